The topological polar surface area (TPSA) is 85.2 Å². The van der Waals surface area contributed by atoms with Crippen LogP contribution >= 0.6 is 0 Å². The van der Waals surface area contributed by atoms with Crippen molar-refractivity contribution in [3.63, 3.8) is 0 Å². The first-order chi connectivity index (χ1) is 9.94. The highest BCUT2D eigenvalue weighted by Crippen LogP contribution is 2.36. The molecule has 7 nitrogen and oxygen atoms in total. The average Bonchev–Trinajstić information content (AvgIpc) is 3.14. The number of carbonyl (C=O) groups excluding carboxylic acids is 2. The number of anilines is 1. The van der Waals surface area contributed by atoms with Gasteiger partial charge in [0, 0.05) is 18.0 Å². The largest absolute Gasteiger partial charge is 0.448 e. The maximum absolute atomic E-state index is 12.1. The summed E-state index contributed by atoms with van der Waals surface area (Å²) in [6, 6.07) is 0. The van der Waals surface area contributed by atoms with Gasteiger partial charge in [-0.3, -0.25) is 4.79 Å². The minimum atomic E-state index is -0.561. The van der Waals surface area contributed by atoms with Crippen LogP contribution in [-0.2, 0) is 21.6 Å². The summed E-state index contributed by atoms with van der Waals surface area (Å²) in [5.41, 5.74) is 1.32. The Balaban J connectivity index is 1.98. The lowest BCUT2D eigenvalue weighted by Crippen LogP contribution is -2.31. The first-order valence-electron chi connectivity index (χ1n) is 7.29. The quantitative estimate of drug-likeness (QED) is 0.883. The van der Waals surface area contributed by atoms with Crippen LogP contribution < -0.4 is 10.6 Å². The molecule has 1 amide bonds. The Morgan fingerprint density at radius 1 is 1.48 bits per heavy atom. The number of hydrogen-bond acceptors (Lipinski definition) is 5. The van der Waals surface area contributed by atoms with Crippen molar-refractivity contribution in [1.29, 1.82) is 0 Å². The van der Waals surface area contributed by atoms with E-state index in [0.29, 0.717) is 12.4 Å². The molecule has 1 saturated carbocycles. The van der Waals surface area contributed by atoms with Crippen LogP contribution in [0.25, 0.3) is 0 Å². The van der Waals surface area contributed by atoms with Gasteiger partial charge in [0.25, 0.3) is 0 Å². The van der Waals surface area contributed by atoms with Crippen LogP contribution in [0.3, 0.4) is 0 Å². The van der Waals surface area contributed by atoms with Crippen molar-refractivity contribution < 1.29 is 14.3 Å². The van der Waals surface area contributed by atoms with Gasteiger partial charge in [-0.15, -0.1) is 4.68 Å². The molecule has 0 saturated heterocycles. The monoisotopic (exact) mass is 292 g/mol. The first kappa shape index (κ1) is 14.1. The van der Waals surface area contributed by atoms with Gasteiger partial charge in [0.1, 0.15) is 5.82 Å². The lowest BCUT2D eigenvalue weighted by molar-refractivity contribution is -0.117. The summed E-state index contributed by atoms with van der Waals surface area (Å²) in [5.74, 6) is 0.458. The van der Waals surface area contributed by atoms with E-state index in [0.717, 1.165) is 24.1 Å². The molecule has 1 aromatic rings. The normalized spacial score (nSPS) is 19.2. The van der Waals surface area contributed by atoms with Crippen LogP contribution in [0, 0.1) is 5.92 Å². The smallest absolute Gasteiger partial charge is 0.436 e. The minimum Gasteiger partial charge on any atom is -0.448 e. The Bertz CT molecular complexity index is 602. The molecular weight excluding hydrogens is 272 g/mol. The number of fused-ring (bicyclic) bond motifs is 1. The SMILES string of the molecule is CCOC(=O)n1nc2c(c1NC(=O)C1CC1)CNC2(C)C. The van der Waals surface area contributed by atoms with Crippen LogP contribution in [0.1, 0.15) is 44.9 Å². The lowest BCUT2D eigenvalue weighted by atomic mass is 10.0. The van der Waals surface area contributed by atoms with E-state index in [1.165, 1.54) is 4.68 Å². The predicted molar refractivity (Wildman–Crippen MR) is 75.9 cm³/mol. The van der Waals surface area contributed by atoms with Gasteiger partial charge in [-0.25, -0.2) is 4.79 Å². The average molecular weight is 292 g/mol. The molecule has 1 fully saturated rings. The number of rotatable bonds is 3. The van der Waals surface area contributed by atoms with Gasteiger partial charge in [-0.05, 0) is 33.6 Å². The van der Waals surface area contributed by atoms with Gasteiger partial charge < -0.3 is 15.4 Å². The predicted octanol–water partition coefficient (Wildman–Crippen LogP) is 1.57. The van der Waals surface area contributed by atoms with Crippen LogP contribution in [0.5, 0.6) is 0 Å². The molecular formula is C14H20N4O3. The molecule has 2 aliphatic rings. The Morgan fingerprint density at radius 3 is 2.81 bits per heavy atom. The van der Waals surface area contributed by atoms with Crippen LogP contribution in [0.15, 0.2) is 0 Å². The Morgan fingerprint density at radius 2 is 2.19 bits per heavy atom. The second kappa shape index (κ2) is 4.84. The molecule has 1 aromatic heterocycles. The van der Waals surface area contributed by atoms with Crippen molar-refractivity contribution in [1.82, 2.24) is 15.1 Å². The third-order valence-electron chi connectivity index (χ3n) is 3.91. The number of carbonyl (C=O) groups is 2. The first-order valence-corrected chi connectivity index (χ1v) is 7.29. The van der Waals surface area contributed by atoms with Crippen molar-refractivity contribution in [3.8, 4) is 0 Å². The number of aromatic nitrogens is 2. The highest BCUT2D eigenvalue weighted by molar-refractivity contribution is 5.95. The summed E-state index contributed by atoms with van der Waals surface area (Å²) < 4.78 is 6.20. The number of amides is 1. The van der Waals surface area contributed by atoms with E-state index < -0.39 is 6.09 Å². The standard InChI is InChI=1S/C14H20N4O3/c1-4-21-13(20)18-11(16-12(19)8-5-6-8)9-7-15-14(2,3)10(9)17-18/h8,15H,4-7H2,1-3H3,(H,16,19). The van der Waals surface area contributed by atoms with Crippen LogP contribution in [-0.4, -0.2) is 28.4 Å². The molecule has 0 unspecified atom stereocenters. The van der Waals surface area contributed by atoms with Crippen molar-refractivity contribution in [3.05, 3.63) is 11.3 Å². The molecule has 3 rings (SSSR count). The fourth-order valence-corrected chi connectivity index (χ4v) is 2.52. The summed E-state index contributed by atoms with van der Waals surface area (Å²) in [7, 11) is 0. The maximum Gasteiger partial charge on any atom is 0.436 e. The molecule has 2 N–H and O–H groups in total. The third kappa shape index (κ3) is 2.42. The molecule has 21 heavy (non-hydrogen) atoms. The highest BCUT2D eigenvalue weighted by atomic mass is 16.6. The highest BCUT2D eigenvalue weighted by Gasteiger charge is 2.39. The van der Waals surface area contributed by atoms with E-state index >= 15 is 0 Å². The van der Waals surface area contributed by atoms with E-state index in [1.807, 2.05) is 13.8 Å². The Kier molecular flexibility index (Phi) is 3.24. The molecule has 114 valence electrons. The number of nitrogens with zero attached hydrogens (tertiary/aromatic N) is 2. The molecule has 0 bridgehead atoms. The van der Waals surface area contributed by atoms with Gasteiger partial charge in [0.05, 0.1) is 17.8 Å². The number of hydrogen-bond donors (Lipinski definition) is 2. The second-order valence-electron chi connectivity index (χ2n) is 6.03. The summed E-state index contributed by atoms with van der Waals surface area (Å²) in [5, 5.41) is 10.5. The van der Waals surface area contributed by atoms with E-state index in [1.54, 1.807) is 6.92 Å². The molecule has 0 spiro atoms. The van der Waals surface area contributed by atoms with Gasteiger partial charge in [-0.2, -0.15) is 5.10 Å². The zero-order valence-electron chi connectivity index (χ0n) is 12.5. The fourth-order valence-electron chi connectivity index (χ4n) is 2.52. The van der Waals surface area contributed by atoms with Gasteiger partial charge in [0.2, 0.25) is 5.91 Å². The van der Waals surface area contributed by atoms with Crippen LogP contribution in [0.2, 0.25) is 0 Å². The fraction of sp³-hybridized carbons (Fsp3) is 0.643. The number of ether oxygens (including phenoxy) is 1. The van der Waals surface area contributed by atoms with Crippen LogP contribution in [0.4, 0.5) is 10.6 Å². The molecule has 0 radical (unpaired) electrons. The van der Waals surface area contributed by atoms with Crippen molar-refractivity contribution in [2.24, 2.45) is 5.92 Å². The van der Waals surface area contributed by atoms with E-state index in [-0.39, 0.29) is 24.0 Å². The minimum absolute atomic E-state index is 0.0482. The maximum atomic E-state index is 12.1. The van der Waals surface area contributed by atoms with Gasteiger partial charge >= 0.3 is 6.09 Å². The molecule has 1 aliphatic carbocycles. The zero-order chi connectivity index (χ0) is 15.2. The molecule has 7 heteroatoms. The van der Waals surface area contributed by atoms with Crippen molar-refractivity contribution in [2.45, 2.75) is 45.7 Å². The Labute approximate surface area is 123 Å². The third-order valence-corrected chi connectivity index (χ3v) is 3.91. The lowest BCUT2D eigenvalue weighted by Gasteiger charge is -2.17. The van der Waals surface area contributed by atoms with E-state index in [2.05, 4.69) is 15.7 Å². The summed E-state index contributed by atoms with van der Waals surface area (Å²) in [6.45, 7) is 6.56. The zero-order valence-corrected chi connectivity index (χ0v) is 12.5. The summed E-state index contributed by atoms with van der Waals surface area (Å²) in [6.07, 6.45) is 1.25. The molecule has 0 aromatic carbocycles. The number of nitrogens with one attached hydrogen (secondary N) is 2. The summed E-state index contributed by atoms with van der Waals surface area (Å²) in [4.78, 5) is 24.1. The molecule has 1 aliphatic heterocycles. The second-order valence-corrected chi connectivity index (χ2v) is 6.03. The van der Waals surface area contributed by atoms with Gasteiger partial charge in [0.15, 0.2) is 0 Å². The van der Waals surface area contributed by atoms with Crippen molar-refractivity contribution in [2.75, 3.05) is 11.9 Å². The van der Waals surface area contributed by atoms with Crippen molar-refractivity contribution >= 4 is 17.8 Å². The summed E-state index contributed by atoms with van der Waals surface area (Å²) >= 11 is 0. The van der Waals surface area contributed by atoms with E-state index in [9.17, 15) is 9.59 Å². The van der Waals surface area contributed by atoms with E-state index in [4.69, 9.17) is 4.74 Å². The molecule has 2 heterocycles. The van der Waals surface area contributed by atoms with Gasteiger partial charge in [-0.1, -0.05) is 0 Å². The Hall–Kier alpha value is -1.89. The molecule has 0 atom stereocenters.